The van der Waals surface area contributed by atoms with E-state index in [0.29, 0.717) is 32.2 Å². The fraction of sp³-hybridized carbons (Fsp3) is 0.231. The molecule has 0 amide bonds. The summed E-state index contributed by atoms with van der Waals surface area (Å²) in [4.78, 5) is 0. The Morgan fingerprint density at radius 2 is 1.74 bits per heavy atom. The van der Waals surface area contributed by atoms with Crippen molar-refractivity contribution in [3.63, 3.8) is 0 Å². The first-order valence-electron chi connectivity index (χ1n) is 5.66. The summed E-state index contributed by atoms with van der Waals surface area (Å²) in [6.45, 7) is 3.42. The van der Waals surface area contributed by atoms with E-state index in [1.165, 1.54) is 6.07 Å². The fourth-order valence-corrected chi connectivity index (χ4v) is 2.76. The maximum absolute atomic E-state index is 6.23. The van der Waals surface area contributed by atoms with Crippen LogP contribution in [0.25, 0.3) is 11.1 Å². The lowest BCUT2D eigenvalue weighted by molar-refractivity contribution is 0.489. The van der Waals surface area contributed by atoms with Crippen LogP contribution in [-0.2, 0) is 6.54 Å². The number of benzene rings is 1. The van der Waals surface area contributed by atoms with Crippen molar-refractivity contribution < 1.29 is 4.42 Å². The van der Waals surface area contributed by atoms with E-state index in [0.717, 1.165) is 17.9 Å². The van der Waals surface area contributed by atoms with E-state index in [4.69, 9.17) is 50.8 Å². The van der Waals surface area contributed by atoms with Gasteiger partial charge in [-0.2, -0.15) is 0 Å². The maximum Gasteiger partial charge on any atom is 0.125 e. The molecule has 0 aliphatic rings. The van der Waals surface area contributed by atoms with Crippen molar-refractivity contribution in [3.8, 4) is 11.1 Å². The van der Waals surface area contributed by atoms with E-state index in [1.54, 1.807) is 12.3 Å². The molecule has 0 fully saturated rings. The van der Waals surface area contributed by atoms with Crippen molar-refractivity contribution in [2.24, 2.45) is 0 Å². The minimum Gasteiger partial charge on any atom is -0.467 e. The molecule has 1 N–H and O–H groups in total. The number of nitrogens with one attached hydrogen (secondary N) is 1. The highest BCUT2D eigenvalue weighted by Gasteiger charge is 2.19. The van der Waals surface area contributed by atoms with Gasteiger partial charge in [-0.3, -0.25) is 0 Å². The Morgan fingerprint density at radius 3 is 2.32 bits per heavy atom. The van der Waals surface area contributed by atoms with E-state index < -0.39 is 0 Å². The molecule has 102 valence electrons. The zero-order chi connectivity index (χ0) is 14.0. The smallest absolute Gasteiger partial charge is 0.125 e. The Bertz CT molecular complexity index is 568. The number of halogens is 4. The molecular weight excluding hydrogens is 328 g/mol. The van der Waals surface area contributed by atoms with Gasteiger partial charge < -0.3 is 9.73 Å². The number of furan rings is 1. The van der Waals surface area contributed by atoms with Crippen LogP contribution in [0.5, 0.6) is 0 Å². The van der Waals surface area contributed by atoms with Crippen molar-refractivity contribution in [1.82, 2.24) is 5.32 Å². The van der Waals surface area contributed by atoms with Gasteiger partial charge in [0.15, 0.2) is 0 Å². The highest BCUT2D eigenvalue weighted by Crippen LogP contribution is 2.44. The molecule has 1 aromatic carbocycles. The van der Waals surface area contributed by atoms with Crippen LogP contribution in [0.2, 0.25) is 20.1 Å². The first-order chi connectivity index (χ1) is 9.06. The number of hydrogen-bond acceptors (Lipinski definition) is 2. The molecule has 0 aliphatic carbocycles. The molecule has 0 saturated heterocycles. The van der Waals surface area contributed by atoms with Crippen LogP contribution in [0, 0.1) is 0 Å². The molecule has 1 aromatic heterocycles. The SMILES string of the molecule is CCNCc1occc1-c1c(Cl)c(Cl)cc(Cl)c1Cl. The van der Waals surface area contributed by atoms with Gasteiger partial charge in [0.05, 0.1) is 32.9 Å². The zero-order valence-corrected chi connectivity index (χ0v) is 13.1. The van der Waals surface area contributed by atoms with Crippen LogP contribution < -0.4 is 5.32 Å². The van der Waals surface area contributed by atoms with E-state index in [1.807, 2.05) is 6.92 Å². The van der Waals surface area contributed by atoms with Crippen LogP contribution >= 0.6 is 46.4 Å². The standard InChI is InChI=1S/C13H11Cl4NO/c1-2-18-6-10-7(3-4-19-10)11-12(16)8(14)5-9(15)13(11)17/h3-5,18H,2,6H2,1H3. The molecule has 0 aliphatic heterocycles. The summed E-state index contributed by atoms with van der Waals surface area (Å²) in [6, 6.07) is 3.33. The van der Waals surface area contributed by atoms with Gasteiger partial charge >= 0.3 is 0 Å². The van der Waals surface area contributed by atoms with Crippen LogP contribution in [-0.4, -0.2) is 6.54 Å². The topological polar surface area (TPSA) is 25.2 Å². The second-order valence-electron chi connectivity index (χ2n) is 3.88. The summed E-state index contributed by atoms with van der Waals surface area (Å²) in [7, 11) is 0. The average molecular weight is 339 g/mol. The molecule has 0 saturated carbocycles. The molecule has 0 unspecified atom stereocenters. The zero-order valence-electron chi connectivity index (χ0n) is 10.1. The second kappa shape index (κ2) is 6.38. The molecule has 0 spiro atoms. The Morgan fingerprint density at radius 1 is 1.11 bits per heavy atom. The van der Waals surface area contributed by atoms with Crippen molar-refractivity contribution in [2.75, 3.05) is 6.54 Å². The summed E-state index contributed by atoms with van der Waals surface area (Å²) in [5, 5.41) is 4.65. The first kappa shape index (κ1) is 15.0. The Kier molecular flexibility index (Phi) is 5.04. The lowest BCUT2D eigenvalue weighted by atomic mass is 10.1. The normalized spacial score (nSPS) is 11.0. The minimum absolute atomic E-state index is 0.363. The monoisotopic (exact) mass is 337 g/mol. The van der Waals surface area contributed by atoms with Crippen molar-refractivity contribution in [1.29, 1.82) is 0 Å². The molecule has 19 heavy (non-hydrogen) atoms. The number of hydrogen-bond donors (Lipinski definition) is 1. The summed E-state index contributed by atoms with van der Waals surface area (Å²) in [5.74, 6) is 0.740. The van der Waals surface area contributed by atoms with E-state index in [-0.39, 0.29) is 0 Å². The molecule has 1 heterocycles. The van der Waals surface area contributed by atoms with Gasteiger partial charge in [0, 0.05) is 11.1 Å². The Hall–Kier alpha value is -0.380. The minimum atomic E-state index is 0.363. The third-order valence-corrected chi connectivity index (χ3v) is 4.24. The van der Waals surface area contributed by atoms with Gasteiger partial charge in [0.25, 0.3) is 0 Å². The van der Waals surface area contributed by atoms with Crippen LogP contribution in [0.3, 0.4) is 0 Å². The summed E-state index contributed by atoms with van der Waals surface area (Å²) in [6.07, 6.45) is 1.59. The molecule has 0 radical (unpaired) electrons. The molecule has 2 nitrogen and oxygen atoms in total. The van der Waals surface area contributed by atoms with Gasteiger partial charge in [-0.05, 0) is 18.7 Å². The Labute approximate surface area is 131 Å². The number of rotatable bonds is 4. The summed E-state index contributed by atoms with van der Waals surface area (Å²) < 4.78 is 5.44. The summed E-state index contributed by atoms with van der Waals surface area (Å²) in [5.41, 5.74) is 1.39. The third-order valence-electron chi connectivity index (χ3n) is 2.66. The highest BCUT2D eigenvalue weighted by molar-refractivity contribution is 6.50. The van der Waals surface area contributed by atoms with Gasteiger partial charge in [-0.15, -0.1) is 0 Å². The van der Waals surface area contributed by atoms with Crippen molar-refractivity contribution >= 4 is 46.4 Å². The molecule has 0 bridgehead atoms. The first-order valence-corrected chi connectivity index (χ1v) is 7.17. The fourth-order valence-electron chi connectivity index (χ4n) is 1.75. The van der Waals surface area contributed by atoms with Gasteiger partial charge in [0.2, 0.25) is 0 Å². The van der Waals surface area contributed by atoms with E-state index >= 15 is 0 Å². The molecule has 6 heteroatoms. The molecule has 0 atom stereocenters. The molecule has 2 rings (SSSR count). The van der Waals surface area contributed by atoms with Gasteiger partial charge in [-0.25, -0.2) is 0 Å². The second-order valence-corrected chi connectivity index (χ2v) is 5.45. The van der Waals surface area contributed by atoms with Gasteiger partial charge in [0.1, 0.15) is 5.76 Å². The quantitative estimate of drug-likeness (QED) is 0.726. The molecule has 2 aromatic rings. The van der Waals surface area contributed by atoms with Gasteiger partial charge in [-0.1, -0.05) is 53.3 Å². The van der Waals surface area contributed by atoms with Crippen molar-refractivity contribution in [2.45, 2.75) is 13.5 Å². The Balaban J connectivity index is 2.56. The lowest BCUT2D eigenvalue weighted by Crippen LogP contribution is -2.11. The van der Waals surface area contributed by atoms with Crippen LogP contribution in [0.15, 0.2) is 22.8 Å². The van der Waals surface area contributed by atoms with E-state index in [2.05, 4.69) is 5.32 Å². The predicted octanol–water partition coefficient (Wildman–Crippen LogP) is 5.67. The van der Waals surface area contributed by atoms with Crippen molar-refractivity contribution in [3.05, 3.63) is 44.2 Å². The highest BCUT2D eigenvalue weighted by atomic mass is 35.5. The van der Waals surface area contributed by atoms with Crippen LogP contribution in [0.4, 0.5) is 0 Å². The molecular formula is C13H11Cl4NO. The van der Waals surface area contributed by atoms with E-state index in [9.17, 15) is 0 Å². The predicted molar refractivity (Wildman–Crippen MR) is 81.6 cm³/mol. The summed E-state index contributed by atoms with van der Waals surface area (Å²) >= 11 is 24.5. The average Bonchev–Trinajstić information content (AvgIpc) is 2.82. The van der Waals surface area contributed by atoms with Crippen LogP contribution in [0.1, 0.15) is 12.7 Å². The maximum atomic E-state index is 6.23. The largest absolute Gasteiger partial charge is 0.467 e. The third kappa shape index (κ3) is 3.04. The lowest BCUT2D eigenvalue weighted by Gasteiger charge is -2.10.